The Morgan fingerprint density at radius 3 is 0.633 bits per heavy atom. The Labute approximate surface area is 181 Å². The summed E-state index contributed by atoms with van der Waals surface area (Å²) in [6.45, 7) is 8.93. The Morgan fingerprint density at radius 2 is 0.467 bits per heavy atom. The quantitative estimate of drug-likeness (QED) is 0.319. The lowest BCUT2D eigenvalue weighted by Gasteiger charge is -2.09. The third-order valence-electron chi connectivity index (χ3n) is 5.92. The highest BCUT2D eigenvalue weighted by molar-refractivity contribution is 5.73. The van der Waals surface area contributed by atoms with Gasteiger partial charge >= 0.3 is 0 Å². The summed E-state index contributed by atoms with van der Waals surface area (Å²) in [7, 11) is 0. The van der Waals surface area contributed by atoms with E-state index in [9.17, 15) is 0 Å². The molecule has 0 nitrogen and oxygen atoms in total. The van der Waals surface area contributed by atoms with E-state index >= 15 is 0 Å². The van der Waals surface area contributed by atoms with E-state index in [0.717, 1.165) is 0 Å². The highest BCUT2D eigenvalue weighted by Gasteiger charge is 2.04. The van der Waals surface area contributed by atoms with Crippen LogP contribution < -0.4 is 0 Å². The van der Waals surface area contributed by atoms with Crippen LogP contribution in [0.5, 0.6) is 0 Å². The first-order chi connectivity index (χ1) is 14.5. The van der Waals surface area contributed by atoms with Crippen LogP contribution >= 0.6 is 0 Å². The zero-order valence-corrected chi connectivity index (χ0v) is 18.4. The molecule has 0 N–H and O–H groups in total. The molecule has 0 aliphatic heterocycles. The zero-order valence-electron chi connectivity index (χ0n) is 18.4. The molecular weight excluding hydrogens is 360 g/mol. The fourth-order valence-corrected chi connectivity index (χ4v) is 3.83. The monoisotopic (exact) mass is 390 g/mol. The Balaban J connectivity index is 1.51. The maximum absolute atomic E-state index is 2.24. The molecular formula is C30H30. The minimum absolute atomic E-state index is 0.567. The van der Waals surface area contributed by atoms with Crippen molar-refractivity contribution in [3.63, 3.8) is 0 Å². The van der Waals surface area contributed by atoms with Crippen LogP contribution in [0, 0.1) is 0 Å². The Kier molecular flexibility index (Phi) is 5.86. The normalized spacial score (nSPS) is 11.3. The van der Waals surface area contributed by atoms with Crippen molar-refractivity contribution in [1.29, 1.82) is 0 Å². The lowest BCUT2D eigenvalue weighted by Crippen LogP contribution is -1.87. The second kappa shape index (κ2) is 8.71. The van der Waals surface area contributed by atoms with Crippen molar-refractivity contribution in [2.24, 2.45) is 0 Å². The molecule has 0 bridgehead atoms. The second-order valence-electron chi connectivity index (χ2n) is 8.71. The average molecular weight is 391 g/mol. The number of hydrogen-bond donors (Lipinski definition) is 0. The summed E-state index contributed by atoms with van der Waals surface area (Å²) in [6, 6.07) is 35.6. The van der Waals surface area contributed by atoms with Crippen LogP contribution in [-0.2, 0) is 0 Å². The van der Waals surface area contributed by atoms with Crippen LogP contribution in [0.4, 0.5) is 0 Å². The van der Waals surface area contributed by atoms with Gasteiger partial charge in [0.25, 0.3) is 0 Å². The van der Waals surface area contributed by atoms with Gasteiger partial charge in [0.15, 0.2) is 0 Å². The first-order valence-electron chi connectivity index (χ1n) is 10.9. The summed E-state index contributed by atoms with van der Waals surface area (Å²) in [5, 5.41) is 0. The van der Waals surface area contributed by atoms with E-state index in [0.29, 0.717) is 11.8 Å². The van der Waals surface area contributed by atoms with Gasteiger partial charge in [-0.15, -0.1) is 0 Å². The van der Waals surface area contributed by atoms with Gasteiger partial charge in [-0.05, 0) is 56.3 Å². The lowest BCUT2D eigenvalue weighted by atomic mass is 9.95. The smallest absolute Gasteiger partial charge is 0.0184 e. The van der Waals surface area contributed by atoms with Gasteiger partial charge in [0.1, 0.15) is 0 Å². The van der Waals surface area contributed by atoms with Crippen LogP contribution in [0.1, 0.15) is 50.7 Å². The average Bonchev–Trinajstić information content (AvgIpc) is 2.79. The molecule has 0 heterocycles. The summed E-state index contributed by atoms with van der Waals surface area (Å²) in [6.07, 6.45) is 0. The standard InChI is InChI=1S/C30H30/c1-21(2)23-5-9-25(10-6-23)27-13-17-29(18-14-27)30-19-15-28(16-20-30)26-11-7-24(8-12-26)22(3)4/h5-22H,1-4H3. The summed E-state index contributed by atoms with van der Waals surface area (Å²) in [5.74, 6) is 1.13. The van der Waals surface area contributed by atoms with Crippen molar-refractivity contribution in [3.05, 3.63) is 108 Å². The van der Waals surface area contributed by atoms with Gasteiger partial charge in [-0.3, -0.25) is 0 Å². The summed E-state index contributed by atoms with van der Waals surface area (Å²) < 4.78 is 0. The van der Waals surface area contributed by atoms with Gasteiger partial charge in [0, 0.05) is 0 Å². The molecule has 0 aliphatic rings. The van der Waals surface area contributed by atoms with Crippen molar-refractivity contribution >= 4 is 0 Å². The number of hydrogen-bond acceptors (Lipinski definition) is 0. The van der Waals surface area contributed by atoms with E-state index < -0.39 is 0 Å². The van der Waals surface area contributed by atoms with Crippen molar-refractivity contribution in [2.45, 2.75) is 39.5 Å². The van der Waals surface area contributed by atoms with E-state index in [4.69, 9.17) is 0 Å². The lowest BCUT2D eigenvalue weighted by molar-refractivity contribution is 0.867. The molecule has 0 saturated heterocycles. The highest BCUT2D eigenvalue weighted by atomic mass is 14.1. The van der Waals surface area contributed by atoms with Crippen LogP contribution in [0.25, 0.3) is 33.4 Å². The highest BCUT2D eigenvalue weighted by Crippen LogP contribution is 2.29. The van der Waals surface area contributed by atoms with Crippen molar-refractivity contribution in [3.8, 4) is 33.4 Å². The maximum Gasteiger partial charge on any atom is -0.0184 e. The molecule has 0 fully saturated rings. The second-order valence-corrected chi connectivity index (χ2v) is 8.71. The molecule has 30 heavy (non-hydrogen) atoms. The molecule has 4 rings (SSSR count). The van der Waals surface area contributed by atoms with Crippen LogP contribution in [0.3, 0.4) is 0 Å². The van der Waals surface area contributed by atoms with Crippen molar-refractivity contribution < 1.29 is 0 Å². The van der Waals surface area contributed by atoms with Gasteiger partial charge in [-0.25, -0.2) is 0 Å². The molecule has 4 aromatic carbocycles. The molecule has 0 heteroatoms. The zero-order chi connectivity index (χ0) is 21.1. The fraction of sp³-hybridized carbons (Fsp3) is 0.200. The van der Waals surface area contributed by atoms with E-state index in [1.807, 2.05) is 0 Å². The molecule has 0 spiro atoms. The molecule has 0 unspecified atom stereocenters. The largest absolute Gasteiger partial charge is 0.0587 e. The molecule has 0 radical (unpaired) electrons. The van der Waals surface area contributed by atoms with E-state index in [1.165, 1.54) is 44.5 Å². The third kappa shape index (κ3) is 4.39. The van der Waals surface area contributed by atoms with Crippen LogP contribution in [-0.4, -0.2) is 0 Å². The third-order valence-corrected chi connectivity index (χ3v) is 5.92. The van der Waals surface area contributed by atoms with Gasteiger partial charge in [-0.1, -0.05) is 125 Å². The molecule has 4 aromatic rings. The molecule has 0 saturated carbocycles. The molecule has 150 valence electrons. The summed E-state index contributed by atoms with van der Waals surface area (Å²) >= 11 is 0. The van der Waals surface area contributed by atoms with Crippen molar-refractivity contribution in [1.82, 2.24) is 0 Å². The maximum atomic E-state index is 2.24. The van der Waals surface area contributed by atoms with Gasteiger partial charge < -0.3 is 0 Å². The van der Waals surface area contributed by atoms with Crippen molar-refractivity contribution in [2.75, 3.05) is 0 Å². The number of rotatable bonds is 5. The number of benzene rings is 4. The molecule has 0 aliphatic carbocycles. The minimum Gasteiger partial charge on any atom is -0.0587 e. The predicted octanol–water partition coefficient (Wildman–Crippen LogP) is 8.93. The molecule has 0 aromatic heterocycles. The van der Waals surface area contributed by atoms with Gasteiger partial charge in [-0.2, -0.15) is 0 Å². The van der Waals surface area contributed by atoms with Gasteiger partial charge in [0.2, 0.25) is 0 Å². The molecule has 0 atom stereocenters. The Morgan fingerprint density at radius 1 is 0.300 bits per heavy atom. The Hall–Kier alpha value is -3.12. The first kappa shape index (κ1) is 20.2. The van der Waals surface area contributed by atoms with E-state index in [1.54, 1.807) is 0 Å². The Bertz CT molecular complexity index is 986. The van der Waals surface area contributed by atoms with Crippen LogP contribution in [0.2, 0.25) is 0 Å². The van der Waals surface area contributed by atoms with E-state index in [2.05, 4.69) is 125 Å². The van der Waals surface area contributed by atoms with Gasteiger partial charge in [0.05, 0.1) is 0 Å². The molecule has 0 amide bonds. The fourth-order valence-electron chi connectivity index (χ4n) is 3.83. The summed E-state index contributed by atoms with van der Waals surface area (Å²) in [5.41, 5.74) is 10.3. The topological polar surface area (TPSA) is 0 Å². The summed E-state index contributed by atoms with van der Waals surface area (Å²) in [4.78, 5) is 0. The predicted molar refractivity (Wildman–Crippen MR) is 131 cm³/mol. The minimum atomic E-state index is 0.567. The van der Waals surface area contributed by atoms with E-state index in [-0.39, 0.29) is 0 Å². The first-order valence-corrected chi connectivity index (χ1v) is 10.9. The van der Waals surface area contributed by atoms with Crippen LogP contribution in [0.15, 0.2) is 97.1 Å². The SMILES string of the molecule is CC(C)c1ccc(-c2ccc(-c3ccc(-c4ccc(C(C)C)cc4)cc3)cc2)cc1.